The Morgan fingerprint density at radius 1 is 1.19 bits per heavy atom. The molecular formula is C23H28FN5O2. The fourth-order valence-electron chi connectivity index (χ4n) is 3.55. The number of rotatable bonds is 9. The molecule has 0 aliphatic rings. The van der Waals surface area contributed by atoms with Crippen molar-refractivity contribution in [2.75, 3.05) is 26.7 Å². The Bertz CT molecular complexity index is 1020. The number of methoxy groups -OCH3 is 1. The number of benzene rings is 2. The van der Waals surface area contributed by atoms with E-state index >= 15 is 0 Å². The Hall–Kier alpha value is -3.26. The van der Waals surface area contributed by atoms with Crippen molar-refractivity contribution in [3.63, 3.8) is 0 Å². The largest absolute Gasteiger partial charge is 0.497 e. The lowest BCUT2D eigenvalue weighted by Crippen LogP contribution is -2.38. The van der Waals surface area contributed by atoms with E-state index in [0.717, 1.165) is 24.4 Å². The molecule has 1 amide bonds. The van der Waals surface area contributed by atoms with Crippen LogP contribution in [0.4, 0.5) is 4.39 Å². The van der Waals surface area contributed by atoms with Gasteiger partial charge in [-0.05, 0) is 62.0 Å². The van der Waals surface area contributed by atoms with Gasteiger partial charge in [0.25, 0.3) is 5.91 Å². The third-order valence-electron chi connectivity index (χ3n) is 5.23. The first-order valence-electron chi connectivity index (χ1n) is 10.3. The van der Waals surface area contributed by atoms with Gasteiger partial charge in [0.2, 0.25) is 5.82 Å². The molecule has 8 heteroatoms. The van der Waals surface area contributed by atoms with Gasteiger partial charge in [-0.2, -0.15) is 0 Å². The van der Waals surface area contributed by atoms with Gasteiger partial charge in [0.1, 0.15) is 17.4 Å². The summed E-state index contributed by atoms with van der Waals surface area (Å²) in [5, 5.41) is 7.28. The quantitative estimate of drug-likeness (QED) is 0.568. The number of amides is 1. The highest BCUT2D eigenvalue weighted by Gasteiger charge is 2.22. The Kier molecular flexibility index (Phi) is 7.36. The smallest absolute Gasteiger partial charge is 0.291 e. The predicted octanol–water partition coefficient (Wildman–Crippen LogP) is 3.54. The van der Waals surface area contributed by atoms with Gasteiger partial charge < -0.3 is 10.1 Å². The highest BCUT2D eigenvalue weighted by Crippen LogP contribution is 2.24. The summed E-state index contributed by atoms with van der Waals surface area (Å²) in [5.41, 5.74) is 1.70. The van der Waals surface area contributed by atoms with Gasteiger partial charge in [0.05, 0.1) is 18.8 Å². The molecule has 0 radical (unpaired) electrons. The molecule has 2 aromatic carbocycles. The molecule has 1 unspecified atom stereocenters. The van der Waals surface area contributed by atoms with E-state index in [2.05, 4.69) is 34.1 Å². The standard InChI is InChI=1S/C23H28FN5O2/c1-5-28(6-2)21(17-8-7-9-20(14-17)31-4)15-25-23(30)22-26-16(3)29(27-22)19-12-10-18(24)11-13-19/h7-14,21H,5-6,15H2,1-4H3,(H,25,30). The van der Waals surface area contributed by atoms with Gasteiger partial charge in [-0.25, -0.2) is 14.1 Å². The van der Waals surface area contributed by atoms with Crippen molar-refractivity contribution in [1.82, 2.24) is 25.0 Å². The number of aromatic nitrogens is 3. The summed E-state index contributed by atoms with van der Waals surface area (Å²) < 4.78 is 20.1. The second-order valence-corrected chi connectivity index (χ2v) is 7.09. The summed E-state index contributed by atoms with van der Waals surface area (Å²) in [6.07, 6.45) is 0. The molecule has 0 fully saturated rings. The third kappa shape index (κ3) is 5.27. The van der Waals surface area contributed by atoms with Crippen LogP contribution >= 0.6 is 0 Å². The number of hydrogen-bond acceptors (Lipinski definition) is 5. The molecule has 0 aliphatic carbocycles. The number of carbonyl (C=O) groups is 1. The molecule has 7 nitrogen and oxygen atoms in total. The van der Waals surface area contributed by atoms with Gasteiger partial charge in [-0.15, -0.1) is 5.10 Å². The molecule has 31 heavy (non-hydrogen) atoms. The topological polar surface area (TPSA) is 72.3 Å². The van der Waals surface area contributed by atoms with E-state index in [1.165, 1.54) is 16.8 Å². The van der Waals surface area contributed by atoms with E-state index in [0.29, 0.717) is 18.1 Å². The zero-order valence-electron chi connectivity index (χ0n) is 18.3. The minimum absolute atomic E-state index is 0.0191. The second-order valence-electron chi connectivity index (χ2n) is 7.09. The van der Waals surface area contributed by atoms with E-state index in [1.54, 1.807) is 26.2 Å². The van der Waals surface area contributed by atoms with Crippen LogP contribution in [0.15, 0.2) is 48.5 Å². The van der Waals surface area contributed by atoms with Crippen LogP contribution in [0.5, 0.6) is 5.75 Å². The first-order valence-corrected chi connectivity index (χ1v) is 10.3. The molecule has 1 heterocycles. The fourth-order valence-corrected chi connectivity index (χ4v) is 3.55. The maximum Gasteiger partial charge on any atom is 0.291 e. The SMILES string of the molecule is CCN(CC)C(CNC(=O)c1nc(C)n(-c2ccc(F)cc2)n1)c1cccc(OC)c1. The number of aryl methyl sites for hydroxylation is 1. The van der Waals surface area contributed by atoms with Gasteiger partial charge in [0.15, 0.2) is 0 Å². The Morgan fingerprint density at radius 3 is 2.55 bits per heavy atom. The van der Waals surface area contributed by atoms with Crippen LogP contribution in [0.3, 0.4) is 0 Å². The summed E-state index contributed by atoms with van der Waals surface area (Å²) in [5.74, 6) is 0.704. The van der Waals surface area contributed by atoms with Crippen LogP contribution in [-0.2, 0) is 0 Å². The molecule has 1 N–H and O–H groups in total. The van der Waals surface area contributed by atoms with Crippen molar-refractivity contribution >= 4 is 5.91 Å². The Labute approximate surface area is 181 Å². The van der Waals surface area contributed by atoms with Crippen molar-refractivity contribution in [1.29, 1.82) is 0 Å². The minimum Gasteiger partial charge on any atom is -0.497 e. The Morgan fingerprint density at radius 2 is 1.90 bits per heavy atom. The third-order valence-corrected chi connectivity index (χ3v) is 5.23. The molecule has 0 bridgehead atoms. The number of hydrogen-bond donors (Lipinski definition) is 1. The molecule has 1 atom stereocenters. The molecule has 3 aromatic rings. The molecule has 0 saturated carbocycles. The van der Waals surface area contributed by atoms with Gasteiger partial charge >= 0.3 is 0 Å². The monoisotopic (exact) mass is 425 g/mol. The zero-order valence-corrected chi connectivity index (χ0v) is 18.3. The zero-order chi connectivity index (χ0) is 22.4. The van der Waals surface area contributed by atoms with Gasteiger partial charge in [-0.1, -0.05) is 26.0 Å². The van der Waals surface area contributed by atoms with E-state index in [4.69, 9.17) is 4.74 Å². The Balaban J connectivity index is 1.78. The normalized spacial score (nSPS) is 12.1. The van der Waals surface area contributed by atoms with Crippen LogP contribution < -0.4 is 10.1 Å². The lowest BCUT2D eigenvalue weighted by atomic mass is 10.0. The van der Waals surface area contributed by atoms with E-state index in [-0.39, 0.29) is 23.6 Å². The predicted molar refractivity (Wildman–Crippen MR) is 117 cm³/mol. The first kappa shape index (κ1) is 22.4. The van der Waals surface area contributed by atoms with Crippen LogP contribution in [0.2, 0.25) is 0 Å². The van der Waals surface area contributed by atoms with Gasteiger partial charge in [-0.3, -0.25) is 9.69 Å². The van der Waals surface area contributed by atoms with Crippen LogP contribution in [-0.4, -0.2) is 52.3 Å². The van der Waals surface area contributed by atoms with Gasteiger partial charge in [0, 0.05) is 6.54 Å². The maximum absolute atomic E-state index is 13.2. The number of likely N-dealkylation sites (N-methyl/N-ethyl adjacent to an activating group) is 1. The summed E-state index contributed by atoms with van der Waals surface area (Å²) in [4.78, 5) is 19.4. The van der Waals surface area contributed by atoms with E-state index in [1.807, 2.05) is 24.3 Å². The van der Waals surface area contributed by atoms with Crippen molar-refractivity contribution in [2.45, 2.75) is 26.8 Å². The van der Waals surface area contributed by atoms with Crippen LogP contribution in [0, 0.1) is 12.7 Å². The summed E-state index contributed by atoms with van der Waals surface area (Å²) in [6.45, 7) is 8.01. The molecule has 0 aliphatic heterocycles. The van der Waals surface area contributed by atoms with E-state index < -0.39 is 0 Å². The minimum atomic E-state index is -0.357. The van der Waals surface area contributed by atoms with Crippen molar-refractivity contribution < 1.29 is 13.9 Å². The maximum atomic E-state index is 13.2. The summed E-state index contributed by atoms with van der Waals surface area (Å²) in [7, 11) is 1.64. The average Bonchev–Trinajstić information content (AvgIpc) is 3.18. The average molecular weight is 426 g/mol. The lowest BCUT2D eigenvalue weighted by molar-refractivity contribution is 0.0924. The molecule has 3 rings (SSSR count). The number of nitrogens with one attached hydrogen (secondary N) is 1. The first-order chi connectivity index (χ1) is 15.0. The number of carbonyl (C=O) groups excluding carboxylic acids is 1. The van der Waals surface area contributed by atoms with E-state index in [9.17, 15) is 9.18 Å². The molecule has 1 aromatic heterocycles. The fraction of sp³-hybridized carbons (Fsp3) is 0.348. The van der Waals surface area contributed by atoms with Crippen LogP contribution in [0.1, 0.15) is 41.9 Å². The number of ether oxygens (including phenoxy) is 1. The van der Waals surface area contributed by atoms with Crippen molar-refractivity contribution in [3.05, 3.63) is 71.6 Å². The highest BCUT2D eigenvalue weighted by atomic mass is 19.1. The molecule has 164 valence electrons. The van der Waals surface area contributed by atoms with Crippen LogP contribution in [0.25, 0.3) is 5.69 Å². The number of nitrogens with zero attached hydrogens (tertiary/aromatic N) is 4. The highest BCUT2D eigenvalue weighted by molar-refractivity contribution is 5.90. The molecule has 0 saturated heterocycles. The molecular weight excluding hydrogens is 397 g/mol. The van der Waals surface area contributed by atoms with Crippen molar-refractivity contribution in [3.8, 4) is 11.4 Å². The molecule has 0 spiro atoms. The lowest BCUT2D eigenvalue weighted by Gasteiger charge is -2.30. The summed E-state index contributed by atoms with van der Waals surface area (Å²) >= 11 is 0. The number of halogens is 1. The second kappa shape index (κ2) is 10.2. The summed E-state index contributed by atoms with van der Waals surface area (Å²) in [6, 6.07) is 13.7. The van der Waals surface area contributed by atoms with Crippen molar-refractivity contribution in [2.24, 2.45) is 0 Å².